The van der Waals surface area contributed by atoms with Crippen LogP contribution in [-0.2, 0) is 0 Å². The maximum Gasteiger partial charge on any atom is 0.0195 e. The molecular formula is C14H28N2. The van der Waals surface area contributed by atoms with E-state index in [2.05, 4.69) is 37.6 Å². The van der Waals surface area contributed by atoms with Gasteiger partial charge in [-0.05, 0) is 38.6 Å². The number of nitrogens with one attached hydrogen (secondary N) is 1. The molecule has 1 N–H and O–H groups in total. The Hall–Kier alpha value is -0.340. The molecule has 16 heavy (non-hydrogen) atoms. The number of hydrogen-bond donors (Lipinski definition) is 1. The van der Waals surface area contributed by atoms with Crippen LogP contribution in [0.25, 0.3) is 0 Å². The van der Waals surface area contributed by atoms with E-state index in [0.29, 0.717) is 6.04 Å². The van der Waals surface area contributed by atoms with Crippen LogP contribution < -0.4 is 5.32 Å². The topological polar surface area (TPSA) is 15.3 Å². The van der Waals surface area contributed by atoms with Crippen LogP contribution in [0, 0.1) is 5.92 Å². The first-order chi connectivity index (χ1) is 7.65. The standard InChI is InChI=1S/C14H28N2/c1-5-9-15-11-13(4)16(14-6-7-14)10-8-12(2)3/h5,12-15H,1,6-11H2,2-4H3. The monoisotopic (exact) mass is 224 g/mol. The Bertz CT molecular complexity index is 197. The van der Waals surface area contributed by atoms with Crippen molar-refractivity contribution in [2.24, 2.45) is 5.92 Å². The third-order valence-corrected chi connectivity index (χ3v) is 3.28. The summed E-state index contributed by atoms with van der Waals surface area (Å²) in [7, 11) is 0. The molecule has 1 aliphatic carbocycles. The summed E-state index contributed by atoms with van der Waals surface area (Å²) in [5, 5.41) is 3.43. The van der Waals surface area contributed by atoms with Crippen LogP contribution in [0.3, 0.4) is 0 Å². The molecule has 0 heterocycles. The molecule has 2 nitrogen and oxygen atoms in total. The molecule has 1 atom stereocenters. The second kappa shape index (κ2) is 7.08. The highest BCUT2D eigenvalue weighted by Gasteiger charge is 2.31. The molecule has 0 radical (unpaired) electrons. The number of rotatable bonds is 9. The van der Waals surface area contributed by atoms with Gasteiger partial charge in [0.2, 0.25) is 0 Å². The molecule has 1 rings (SSSR count). The fourth-order valence-corrected chi connectivity index (χ4v) is 2.09. The lowest BCUT2D eigenvalue weighted by Crippen LogP contribution is -2.42. The van der Waals surface area contributed by atoms with Crippen molar-refractivity contribution in [2.75, 3.05) is 19.6 Å². The van der Waals surface area contributed by atoms with E-state index < -0.39 is 0 Å². The Morgan fingerprint density at radius 1 is 1.38 bits per heavy atom. The SMILES string of the molecule is C=CCNCC(C)N(CCC(C)C)C1CC1. The number of nitrogens with zero attached hydrogens (tertiary/aromatic N) is 1. The quantitative estimate of drug-likeness (QED) is 0.478. The van der Waals surface area contributed by atoms with Crippen LogP contribution in [0.15, 0.2) is 12.7 Å². The highest BCUT2D eigenvalue weighted by atomic mass is 15.2. The lowest BCUT2D eigenvalue weighted by Gasteiger charge is -2.30. The van der Waals surface area contributed by atoms with Gasteiger partial charge in [0.05, 0.1) is 0 Å². The second-order valence-corrected chi connectivity index (χ2v) is 5.45. The van der Waals surface area contributed by atoms with E-state index in [4.69, 9.17) is 0 Å². The molecule has 1 aliphatic rings. The van der Waals surface area contributed by atoms with Gasteiger partial charge in [0, 0.05) is 25.2 Å². The molecule has 2 heteroatoms. The predicted octanol–water partition coefficient (Wildman–Crippen LogP) is 2.66. The van der Waals surface area contributed by atoms with Crippen molar-refractivity contribution < 1.29 is 0 Å². The minimum Gasteiger partial charge on any atom is -0.312 e. The van der Waals surface area contributed by atoms with Gasteiger partial charge in [-0.2, -0.15) is 0 Å². The smallest absolute Gasteiger partial charge is 0.0195 e. The highest BCUT2D eigenvalue weighted by Crippen LogP contribution is 2.29. The Balaban J connectivity index is 2.27. The van der Waals surface area contributed by atoms with Crippen molar-refractivity contribution in [1.82, 2.24) is 10.2 Å². The average molecular weight is 224 g/mol. The Morgan fingerprint density at radius 3 is 2.56 bits per heavy atom. The van der Waals surface area contributed by atoms with Gasteiger partial charge in [0.15, 0.2) is 0 Å². The molecule has 0 bridgehead atoms. The van der Waals surface area contributed by atoms with Crippen molar-refractivity contribution in [3.63, 3.8) is 0 Å². The molecule has 0 aromatic rings. The van der Waals surface area contributed by atoms with Gasteiger partial charge in [-0.15, -0.1) is 6.58 Å². The maximum atomic E-state index is 3.73. The highest BCUT2D eigenvalue weighted by molar-refractivity contribution is 4.88. The van der Waals surface area contributed by atoms with Gasteiger partial charge < -0.3 is 5.32 Å². The largest absolute Gasteiger partial charge is 0.312 e. The summed E-state index contributed by atoms with van der Waals surface area (Å²) >= 11 is 0. The van der Waals surface area contributed by atoms with Gasteiger partial charge in [0.1, 0.15) is 0 Å². The molecule has 1 fully saturated rings. The summed E-state index contributed by atoms with van der Waals surface area (Å²) in [5.41, 5.74) is 0. The molecule has 94 valence electrons. The molecular weight excluding hydrogens is 196 g/mol. The zero-order chi connectivity index (χ0) is 12.0. The summed E-state index contributed by atoms with van der Waals surface area (Å²) in [6.07, 6.45) is 6.07. The zero-order valence-electron chi connectivity index (χ0n) is 11.2. The van der Waals surface area contributed by atoms with Crippen molar-refractivity contribution in [2.45, 2.75) is 52.1 Å². The molecule has 0 aromatic heterocycles. The van der Waals surface area contributed by atoms with Gasteiger partial charge in [-0.25, -0.2) is 0 Å². The Kier molecular flexibility index (Phi) is 6.07. The Labute approximate surface area is 101 Å². The number of hydrogen-bond acceptors (Lipinski definition) is 2. The fourth-order valence-electron chi connectivity index (χ4n) is 2.09. The molecule has 1 unspecified atom stereocenters. The maximum absolute atomic E-state index is 3.73. The van der Waals surface area contributed by atoms with E-state index in [1.807, 2.05) is 6.08 Å². The second-order valence-electron chi connectivity index (χ2n) is 5.45. The normalized spacial score (nSPS) is 18.1. The third kappa shape index (κ3) is 5.13. The summed E-state index contributed by atoms with van der Waals surface area (Å²) in [6.45, 7) is 14.0. The first-order valence-electron chi connectivity index (χ1n) is 6.72. The lowest BCUT2D eigenvalue weighted by molar-refractivity contribution is 0.185. The van der Waals surface area contributed by atoms with Crippen LogP contribution in [-0.4, -0.2) is 36.6 Å². The van der Waals surface area contributed by atoms with Crippen LogP contribution in [0.1, 0.15) is 40.0 Å². The van der Waals surface area contributed by atoms with Crippen molar-refractivity contribution in [1.29, 1.82) is 0 Å². The van der Waals surface area contributed by atoms with E-state index >= 15 is 0 Å². The molecule has 1 saturated carbocycles. The van der Waals surface area contributed by atoms with E-state index in [1.165, 1.54) is 25.8 Å². The van der Waals surface area contributed by atoms with Gasteiger partial charge >= 0.3 is 0 Å². The summed E-state index contributed by atoms with van der Waals surface area (Å²) in [4.78, 5) is 2.69. The third-order valence-electron chi connectivity index (χ3n) is 3.28. The molecule has 0 aliphatic heterocycles. The zero-order valence-corrected chi connectivity index (χ0v) is 11.2. The summed E-state index contributed by atoms with van der Waals surface area (Å²) < 4.78 is 0. The van der Waals surface area contributed by atoms with E-state index in [9.17, 15) is 0 Å². The van der Waals surface area contributed by atoms with Crippen LogP contribution in [0.2, 0.25) is 0 Å². The molecule has 0 amide bonds. The minimum atomic E-state index is 0.659. The molecule has 0 aromatic carbocycles. The summed E-state index contributed by atoms with van der Waals surface area (Å²) in [5.74, 6) is 0.814. The summed E-state index contributed by atoms with van der Waals surface area (Å²) in [6, 6.07) is 1.53. The Morgan fingerprint density at radius 2 is 2.06 bits per heavy atom. The van der Waals surface area contributed by atoms with Crippen LogP contribution in [0.4, 0.5) is 0 Å². The predicted molar refractivity (Wildman–Crippen MR) is 71.7 cm³/mol. The first kappa shape index (κ1) is 13.7. The van der Waals surface area contributed by atoms with Gasteiger partial charge in [-0.1, -0.05) is 19.9 Å². The average Bonchev–Trinajstić information content (AvgIpc) is 3.02. The van der Waals surface area contributed by atoms with Gasteiger partial charge in [-0.3, -0.25) is 4.90 Å². The first-order valence-corrected chi connectivity index (χ1v) is 6.72. The molecule has 0 spiro atoms. The van der Waals surface area contributed by atoms with Crippen molar-refractivity contribution >= 4 is 0 Å². The minimum absolute atomic E-state index is 0.659. The van der Waals surface area contributed by atoms with E-state index in [0.717, 1.165) is 25.0 Å². The molecule has 0 saturated heterocycles. The fraction of sp³-hybridized carbons (Fsp3) is 0.857. The van der Waals surface area contributed by atoms with E-state index in [1.54, 1.807) is 0 Å². The van der Waals surface area contributed by atoms with Crippen molar-refractivity contribution in [3.05, 3.63) is 12.7 Å². The van der Waals surface area contributed by atoms with Crippen molar-refractivity contribution in [3.8, 4) is 0 Å². The van der Waals surface area contributed by atoms with Crippen LogP contribution >= 0.6 is 0 Å². The van der Waals surface area contributed by atoms with Crippen LogP contribution in [0.5, 0.6) is 0 Å². The van der Waals surface area contributed by atoms with Gasteiger partial charge in [0.25, 0.3) is 0 Å². The lowest BCUT2D eigenvalue weighted by atomic mass is 10.1. The van der Waals surface area contributed by atoms with E-state index in [-0.39, 0.29) is 0 Å².